The van der Waals surface area contributed by atoms with Gasteiger partial charge in [0.15, 0.2) is 0 Å². The summed E-state index contributed by atoms with van der Waals surface area (Å²) in [5.41, 5.74) is 8.01. The predicted molar refractivity (Wildman–Crippen MR) is 79.5 cm³/mol. The van der Waals surface area contributed by atoms with Crippen molar-refractivity contribution in [3.63, 3.8) is 0 Å². The standard InChI is InChI=1S/C12H14BrN3O2S/c1-19(17,18)7-6-16-8-11(14)12(15-16)9-2-4-10(13)5-3-9/h2-5,8H,6-7,14H2,1H3. The molecule has 0 aliphatic rings. The van der Waals surface area contributed by atoms with E-state index in [9.17, 15) is 8.42 Å². The minimum absolute atomic E-state index is 0.0495. The van der Waals surface area contributed by atoms with E-state index in [0.29, 0.717) is 17.9 Å². The Morgan fingerprint density at radius 3 is 2.53 bits per heavy atom. The van der Waals surface area contributed by atoms with Crippen LogP contribution in [0.4, 0.5) is 5.69 Å². The maximum atomic E-state index is 11.1. The Hall–Kier alpha value is -1.34. The summed E-state index contributed by atoms with van der Waals surface area (Å²) in [6, 6.07) is 7.63. The van der Waals surface area contributed by atoms with E-state index in [1.54, 1.807) is 10.9 Å². The van der Waals surface area contributed by atoms with E-state index < -0.39 is 9.84 Å². The first-order chi connectivity index (χ1) is 8.85. The molecule has 0 amide bonds. The molecule has 2 rings (SSSR count). The molecule has 2 aromatic rings. The first kappa shape index (κ1) is 14.1. The van der Waals surface area contributed by atoms with Crippen LogP contribution in [0, 0.1) is 0 Å². The Bertz CT molecular complexity index is 678. The highest BCUT2D eigenvalue weighted by atomic mass is 79.9. The Labute approximate surface area is 120 Å². The van der Waals surface area contributed by atoms with Crippen LogP contribution < -0.4 is 5.73 Å². The Balaban J connectivity index is 2.24. The Morgan fingerprint density at radius 2 is 1.95 bits per heavy atom. The average Bonchev–Trinajstić information content (AvgIpc) is 2.68. The van der Waals surface area contributed by atoms with Crippen LogP contribution in [0.1, 0.15) is 0 Å². The number of hydrogen-bond donors (Lipinski definition) is 1. The zero-order valence-electron chi connectivity index (χ0n) is 10.4. The van der Waals surface area contributed by atoms with Crippen molar-refractivity contribution in [1.29, 1.82) is 0 Å². The fourth-order valence-electron chi connectivity index (χ4n) is 1.64. The van der Waals surface area contributed by atoms with E-state index in [1.807, 2.05) is 24.3 Å². The number of benzene rings is 1. The molecule has 0 radical (unpaired) electrons. The van der Waals surface area contributed by atoms with Crippen molar-refractivity contribution in [3.8, 4) is 11.3 Å². The number of hydrogen-bond acceptors (Lipinski definition) is 4. The topological polar surface area (TPSA) is 78.0 Å². The predicted octanol–water partition coefficient (Wildman–Crippen LogP) is 1.94. The highest BCUT2D eigenvalue weighted by molar-refractivity contribution is 9.10. The highest BCUT2D eigenvalue weighted by Gasteiger charge is 2.10. The van der Waals surface area contributed by atoms with Crippen LogP contribution in [0.25, 0.3) is 11.3 Å². The summed E-state index contributed by atoms with van der Waals surface area (Å²) in [7, 11) is -3.00. The van der Waals surface area contributed by atoms with Crippen molar-refractivity contribution < 1.29 is 8.42 Å². The summed E-state index contributed by atoms with van der Waals surface area (Å²) in [5, 5.41) is 4.32. The van der Waals surface area contributed by atoms with Gasteiger partial charge in [-0.3, -0.25) is 4.68 Å². The molecule has 0 atom stereocenters. The monoisotopic (exact) mass is 343 g/mol. The lowest BCUT2D eigenvalue weighted by molar-refractivity contribution is 0.586. The first-order valence-corrected chi connectivity index (χ1v) is 8.47. The van der Waals surface area contributed by atoms with Crippen molar-refractivity contribution in [2.45, 2.75) is 6.54 Å². The number of aromatic nitrogens is 2. The molecule has 5 nitrogen and oxygen atoms in total. The summed E-state index contributed by atoms with van der Waals surface area (Å²) in [5.74, 6) is 0.0495. The normalized spacial score (nSPS) is 11.7. The van der Waals surface area contributed by atoms with E-state index >= 15 is 0 Å². The van der Waals surface area contributed by atoms with Gasteiger partial charge in [0, 0.05) is 22.5 Å². The second-order valence-electron chi connectivity index (χ2n) is 4.33. The van der Waals surface area contributed by atoms with Crippen LogP contribution in [0.15, 0.2) is 34.9 Å². The second-order valence-corrected chi connectivity index (χ2v) is 7.51. The summed E-state index contributed by atoms with van der Waals surface area (Å²) in [6.45, 7) is 0.305. The molecule has 0 aliphatic heterocycles. The number of sulfone groups is 1. The van der Waals surface area contributed by atoms with E-state index in [-0.39, 0.29) is 5.75 Å². The molecule has 0 saturated heterocycles. The van der Waals surface area contributed by atoms with E-state index in [2.05, 4.69) is 21.0 Å². The summed E-state index contributed by atoms with van der Waals surface area (Å²) < 4.78 is 24.8. The molecular formula is C12H14BrN3O2S. The maximum absolute atomic E-state index is 11.1. The van der Waals surface area contributed by atoms with Crippen LogP contribution >= 0.6 is 15.9 Å². The van der Waals surface area contributed by atoms with E-state index in [4.69, 9.17) is 5.73 Å². The lowest BCUT2D eigenvalue weighted by atomic mass is 10.1. The zero-order valence-corrected chi connectivity index (χ0v) is 12.8. The molecule has 0 saturated carbocycles. The molecule has 0 aliphatic carbocycles. The van der Waals surface area contributed by atoms with Crippen molar-refractivity contribution in [2.75, 3.05) is 17.7 Å². The minimum Gasteiger partial charge on any atom is -0.396 e. The van der Waals surface area contributed by atoms with Crippen molar-refractivity contribution in [1.82, 2.24) is 9.78 Å². The van der Waals surface area contributed by atoms with Crippen LogP contribution in [0.5, 0.6) is 0 Å². The summed E-state index contributed by atoms with van der Waals surface area (Å²) in [6.07, 6.45) is 2.86. The molecule has 102 valence electrons. The fraction of sp³-hybridized carbons (Fsp3) is 0.250. The highest BCUT2D eigenvalue weighted by Crippen LogP contribution is 2.25. The van der Waals surface area contributed by atoms with Gasteiger partial charge >= 0.3 is 0 Å². The number of aryl methyl sites for hydroxylation is 1. The molecule has 0 bridgehead atoms. The number of nitrogen functional groups attached to an aromatic ring is 1. The van der Waals surface area contributed by atoms with Crippen molar-refractivity contribution >= 4 is 31.5 Å². The minimum atomic E-state index is -3.00. The van der Waals surface area contributed by atoms with Gasteiger partial charge in [-0.1, -0.05) is 28.1 Å². The molecule has 7 heteroatoms. The third-order valence-electron chi connectivity index (χ3n) is 2.60. The van der Waals surface area contributed by atoms with Crippen LogP contribution in [-0.4, -0.2) is 30.2 Å². The van der Waals surface area contributed by atoms with E-state index in [1.165, 1.54) is 6.26 Å². The molecule has 1 aromatic carbocycles. The summed E-state index contributed by atoms with van der Waals surface area (Å²) >= 11 is 3.36. The number of anilines is 1. The van der Waals surface area contributed by atoms with Gasteiger partial charge in [0.25, 0.3) is 0 Å². The number of nitrogens with two attached hydrogens (primary N) is 1. The van der Waals surface area contributed by atoms with Gasteiger partial charge in [-0.25, -0.2) is 8.42 Å². The number of rotatable bonds is 4. The molecule has 0 spiro atoms. The largest absolute Gasteiger partial charge is 0.396 e. The van der Waals surface area contributed by atoms with E-state index in [0.717, 1.165) is 10.0 Å². The lowest BCUT2D eigenvalue weighted by Gasteiger charge is -2.00. The first-order valence-electron chi connectivity index (χ1n) is 5.62. The average molecular weight is 344 g/mol. The van der Waals surface area contributed by atoms with Gasteiger partial charge in [0.05, 0.1) is 18.0 Å². The maximum Gasteiger partial charge on any atom is 0.149 e. The third-order valence-corrected chi connectivity index (χ3v) is 4.05. The van der Waals surface area contributed by atoms with Gasteiger partial charge in [0.2, 0.25) is 0 Å². The van der Waals surface area contributed by atoms with Crippen LogP contribution in [0.2, 0.25) is 0 Å². The second kappa shape index (κ2) is 5.34. The number of halogens is 1. The molecule has 2 N–H and O–H groups in total. The van der Waals surface area contributed by atoms with Crippen molar-refractivity contribution in [3.05, 3.63) is 34.9 Å². The summed E-state index contributed by atoms with van der Waals surface area (Å²) in [4.78, 5) is 0. The Morgan fingerprint density at radius 1 is 1.32 bits per heavy atom. The molecule has 1 aromatic heterocycles. The van der Waals surface area contributed by atoms with Gasteiger partial charge in [0.1, 0.15) is 15.5 Å². The quantitative estimate of drug-likeness (QED) is 0.919. The van der Waals surface area contributed by atoms with Gasteiger partial charge in [-0.05, 0) is 12.1 Å². The lowest BCUT2D eigenvalue weighted by Crippen LogP contribution is -2.11. The molecule has 0 unspecified atom stereocenters. The molecule has 1 heterocycles. The Kier molecular flexibility index (Phi) is 3.96. The fourth-order valence-corrected chi connectivity index (χ4v) is 2.43. The van der Waals surface area contributed by atoms with Crippen LogP contribution in [0.3, 0.4) is 0 Å². The SMILES string of the molecule is CS(=O)(=O)CCn1cc(N)c(-c2ccc(Br)cc2)n1. The number of nitrogens with zero attached hydrogens (tertiary/aromatic N) is 2. The van der Waals surface area contributed by atoms with Crippen molar-refractivity contribution in [2.24, 2.45) is 0 Å². The van der Waals surface area contributed by atoms with Gasteiger partial charge in [-0.15, -0.1) is 0 Å². The molecule has 0 fully saturated rings. The third kappa shape index (κ3) is 3.81. The smallest absolute Gasteiger partial charge is 0.149 e. The molecule has 19 heavy (non-hydrogen) atoms. The molecular weight excluding hydrogens is 330 g/mol. The van der Waals surface area contributed by atoms with Gasteiger partial charge < -0.3 is 5.73 Å². The zero-order chi connectivity index (χ0) is 14.0. The van der Waals surface area contributed by atoms with Gasteiger partial charge in [-0.2, -0.15) is 5.10 Å². The van der Waals surface area contributed by atoms with Crippen LogP contribution in [-0.2, 0) is 16.4 Å².